The first kappa shape index (κ1) is 27.6. The van der Waals surface area contributed by atoms with Gasteiger partial charge in [0.2, 0.25) is 11.8 Å². The lowest BCUT2D eigenvalue weighted by Gasteiger charge is -2.09. The predicted octanol–water partition coefficient (Wildman–Crippen LogP) is 3.29. The fraction of sp³-hybridized carbons (Fsp3) is 0.286. The zero-order chi connectivity index (χ0) is 27.3. The maximum absolute atomic E-state index is 5.94. The number of nitrogens with one attached hydrogen (secondary N) is 2. The van der Waals surface area contributed by atoms with Crippen LogP contribution in [0.4, 0.5) is 5.95 Å². The Bertz CT molecular complexity index is 1370. The largest absolute Gasteiger partial charge is 0.489 e. The van der Waals surface area contributed by atoms with Gasteiger partial charge in [-0.05, 0) is 55.9 Å². The Morgan fingerprint density at radius 3 is 2.72 bits per heavy atom. The number of rotatable bonds is 15. The monoisotopic (exact) mass is 530 g/mol. The smallest absolute Gasteiger partial charge is 0.247 e. The van der Waals surface area contributed by atoms with Gasteiger partial charge in [-0.1, -0.05) is 12.1 Å². The third kappa shape index (κ3) is 8.00. The molecule has 0 saturated heterocycles. The fourth-order valence-corrected chi connectivity index (χ4v) is 3.65. The van der Waals surface area contributed by atoms with E-state index in [4.69, 9.17) is 19.9 Å². The average Bonchev–Trinajstić information content (AvgIpc) is 3.39. The Kier molecular flexibility index (Phi) is 10.2. The summed E-state index contributed by atoms with van der Waals surface area (Å²) in [6, 6.07) is 15.6. The van der Waals surface area contributed by atoms with Crippen molar-refractivity contribution < 1.29 is 14.2 Å². The van der Waals surface area contributed by atoms with Gasteiger partial charge >= 0.3 is 0 Å². The average molecular weight is 531 g/mol. The Morgan fingerprint density at radius 1 is 1.10 bits per heavy atom. The Hall–Kier alpha value is -4.48. The van der Waals surface area contributed by atoms with Gasteiger partial charge in [0.25, 0.3) is 0 Å². The number of fused-ring (bicyclic) bond motifs is 1. The Morgan fingerprint density at radius 2 is 1.97 bits per heavy atom. The first-order valence-electron chi connectivity index (χ1n) is 12.7. The number of hydrogen-bond acceptors (Lipinski definition) is 10. The molecule has 39 heavy (non-hydrogen) atoms. The zero-order valence-electron chi connectivity index (χ0n) is 22.2. The molecule has 0 bridgehead atoms. The minimum absolute atomic E-state index is 0.398. The lowest BCUT2D eigenvalue weighted by Crippen LogP contribution is -2.09. The molecule has 0 amide bonds. The molecule has 0 atom stereocenters. The second-order valence-corrected chi connectivity index (χ2v) is 8.52. The van der Waals surface area contributed by atoms with Gasteiger partial charge in [0.05, 0.1) is 12.3 Å². The summed E-state index contributed by atoms with van der Waals surface area (Å²) >= 11 is 0. The van der Waals surface area contributed by atoms with Crippen molar-refractivity contribution >= 4 is 17.8 Å². The van der Waals surface area contributed by atoms with Gasteiger partial charge < -0.3 is 30.6 Å². The van der Waals surface area contributed by atoms with E-state index in [2.05, 4.69) is 30.7 Å². The molecule has 4 aromatic rings. The van der Waals surface area contributed by atoms with Crippen molar-refractivity contribution in [2.24, 2.45) is 10.7 Å². The third-order valence-electron chi connectivity index (χ3n) is 5.65. The van der Waals surface area contributed by atoms with E-state index >= 15 is 0 Å². The first-order valence-corrected chi connectivity index (χ1v) is 12.7. The quantitative estimate of drug-likeness (QED) is 0.156. The normalized spacial score (nSPS) is 11.8. The summed E-state index contributed by atoms with van der Waals surface area (Å²) in [7, 11) is 3.55. The summed E-state index contributed by atoms with van der Waals surface area (Å²) in [4.78, 5) is 13.4. The molecule has 0 radical (unpaired) electrons. The van der Waals surface area contributed by atoms with Gasteiger partial charge in [-0.25, -0.2) is 9.50 Å². The van der Waals surface area contributed by atoms with Crippen molar-refractivity contribution in [2.45, 2.75) is 13.0 Å². The highest BCUT2D eigenvalue weighted by molar-refractivity contribution is 5.83. The van der Waals surface area contributed by atoms with E-state index in [1.807, 2.05) is 61.8 Å². The molecule has 0 aliphatic rings. The molecule has 0 unspecified atom stereocenters. The summed E-state index contributed by atoms with van der Waals surface area (Å²) in [5.74, 6) is 1.75. The first-order chi connectivity index (χ1) is 19.2. The van der Waals surface area contributed by atoms with E-state index in [1.54, 1.807) is 24.0 Å². The molecule has 4 rings (SSSR count). The Labute approximate surface area is 227 Å². The lowest BCUT2D eigenvalue weighted by molar-refractivity contribution is 0.143. The molecule has 1 aromatic carbocycles. The number of benzene rings is 1. The second kappa shape index (κ2) is 14.5. The highest BCUT2D eigenvalue weighted by Gasteiger charge is 2.11. The van der Waals surface area contributed by atoms with Gasteiger partial charge in [0.15, 0.2) is 5.65 Å². The van der Waals surface area contributed by atoms with Crippen LogP contribution in [-0.4, -0.2) is 66.3 Å². The van der Waals surface area contributed by atoms with Crippen molar-refractivity contribution in [3.05, 3.63) is 78.4 Å². The molecule has 4 N–H and O–H groups in total. The van der Waals surface area contributed by atoms with Gasteiger partial charge in [0, 0.05) is 55.7 Å². The molecule has 0 aliphatic heterocycles. The van der Waals surface area contributed by atoms with Crippen LogP contribution in [0.3, 0.4) is 0 Å². The van der Waals surface area contributed by atoms with Gasteiger partial charge in [-0.2, -0.15) is 4.98 Å². The second-order valence-electron chi connectivity index (χ2n) is 8.52. The van der Waals surface area contributed by atoms with Gasteiger partial charge in [0.1, 0.15) is 19.0 Å². The van der Waals surface area contributed by atoms with E-state index in [1.165, 1.54) is 6.20 Å². The molecular formula is C28H34N8O3. The highest BCUT2D eigenvalue weighted by Crippen LogP contribution is 2.26. The number of anilines is 1. The summed E-state index contributed by atoms with van der Waals surface area (Å²) < 4.78 is 18.1. The number of aliphatic imine (C=N–C) groups is 1. The number of ether oxygens (including phenoxy) is 3. The molecule has 204 valence electrons. The van der Waals surface area contributed by atoms with Crippen molar-refractivity contribution in [1.29, 1.82) is 0 Å². The van der Waals surface area contributed by atoms with Crippen LogP contribution in [0.25, 0.3) is 16.8 Å². The Balaban J connectivity index is 1.38. The third-order valence-corrected chi connectivity index (χ3v) is 5.65. The molecule has 0 fully saturated rings. The molecule has 11 heteroatoms. The van der Waals surface area contributed by atoms with Crippen molar-refractivity contribution in [2.75, 3.05) is 45.8 Å². The number of allylic oxidation sites excluding steroid dienone is 1. The minimum Gasteiger partial charge on any atom is -0.489 e. The topological polar surface area (TPSA) is 133 Å². The standard InChI is InChI=1S/C28H34N8O3/c1-30-12-4-13-31-19-23(17-29)33-28-34-27-25(5-3-14-36(27)35-28)22-7-9-24(10-8-22)39-20-21-6-11-26(32-18-21)38-16-15-37-2/h3,5-11,14,17-19,30H,4,12-13,15-16,20,29H2,1-2H3,(H,33,35). The van der Waals surface area contributed by atoms with Crippen molar-refractivity contribution in [3.63, 3.8) is 0 Å². The number of nitrogens with zero attached hydrogens (tertiary/aromatic N) is 5. The molecule has 0 saturated carbocycles. The van der Waals surface area contributed by atoms with Crippen LogP contribution >= 0.6 is 0 Å². The van der Waals surface area contributed by atoms with E-state index in [0.717, 1.165) is 41.1 Å². The van der Waals surface area contributed by atoms with Crippen LogP contribution in [0.15, 0.2) is 77.8 Å². The molecule has 11 nitrogen and oxygen atoms in total. The number of hydrogen-bond donors (Lipinski definition) is 3. The van der Waals surface area contributed by atoms with Crippen LogP contribution in [-0.2, 0) is 11.3 Å². The lowest BCUT2D eigenvalue weighted by atomic mass is 10.1. The number of nitrogens with two attached hydrogens (primary N) is 1. The van der Waals surface area contributed by atoms with Crippen LogP contribution in [0.1, 0.15) is 12.0 Å². The molecule has 3 aromatic heterocycles. The predicted molar refractivity (Wildman–Crippen MR) is 152 cm³/mol. The molecule has 0 spiro atoms. The van der Waals surface area contributed by atoms with E-state index < -0.39 is 0 Å². The van der Waals surface area contributed by atoms with E-state index in [-0.39, 0.29) is 0 Å². The zero-order valence-corrected chi connectivity index (χ0v) is 22.2. The molecular weight excluding hydrogens is 496 g/mol. The van der Waals surface area contributed by atoms with Crippen LogP contribution in [0.5, 0.6) is 11.6 Å². The summed E-state index contributed by atoms with van der Waals surface area (Å²) in [6.45, 7) is 2.99. The maximum atomic E-state index is 5.94. The van der Waals surface area contributed by atoms with Crippen molar-refractivity contribution in [1.82, 2.24) is 24.9 Å². The highest BCUT2D eigenvalue weighted by atomic mass is 16.5. The molecule has 3 heterocycles. The van der Waals surface area contributed by atoms with Gasteiger partial charge in [-0.3, -0.25) is 4.99 Å². The van der Waals surface area contributed by atoms with Gasteiger partial charge in [-0.15, -0.1) is 5.10 Å². The number of pyridine rings is 2. The van der Waals surface area contributed by atoms with Crippen LogP contribution in [0, 0.1) is 0 Å². The molecule has 0 aliphatic carbocycles. The summed E-state index contributed by atoms with van der Waals surface area (Å²) in [5, 5.41) is 10.8. The summed E-state index contributed by atoms with van der Waals surface area (Å²) in [5.41, 5.74) is 9.99. The minimum atomic E-state index is 0.398. The number of aromatic nitrogens is 4. The van der Waals surface area contributed by atoms with E-state index in [0.29, 0.717) is 43.9 Å². The van der Waals surface area contributed by atoms with Crippen LogP contribution in [0.2, 0.25) is 0 Å². The summed E-state index contributed by atoms with van der Waals surface area (Å²) in [6.07, 6.45) is 7.69. The number of methoxy groups -OCH3 is 1. The van der Waals surface area contributed by atoms with E-state index in [9.17, 15) is 0 Å². The SMILES string of the molecule is CNCCCN=CC(=CN)Nc1nc2c(-c3ccc(OCc4ccc(OCCOC)nc4)cc3)cccn2n1. The van der Waals surface area contributed by atoms with Crippen LogP contribution < -0.4 is 25.8 Å². The van der Waals surface area contributed by atoms with Crippen molar-refractivity contribution in [3.8, 4) is 22.8 Å². The fourth-order valence-electron chi connectivity index (χ4n) is 3.65. The maximum Gasteiger partial charge on any atom is 0.247 e.